The highest BCUT2D eigenvalue weighted by Gasteiger charge is 2.14. The highest BCUT2D eigenvalue weighted by atomic mass is 79.9. The SMILES string of the molecule is CC(CO)N(C)C(=O)Nc1ccc(Cl)c(Br)c1. The van der Waals surface area contributed by atoms with Crippen molar-refractivity contribution in [2.45, 2.75) is 13.0 Å². The molecule has 0 bridgehead atoms. The average molecular weight is 322 g/mol. The zero-order valence-corrected chi connectivity index (χ0v) is 11.9. The molecule has 0 spiro atoms. The summed E-state index contributed by atoms with van der Waals surface area (Å²) in [6, 6.07) is 4.61. The number of anilines is 1. The zero-order valence-electron chi connectivity index (χ0n) is 9.58. The van der Waals surface area contributed by atoms with Gasteiger partial charge in [0.05, 0.1) is 17.7 Å². The van der Waals surface area contributed by atoms with Crippen LogP contribution in [-0.4, -0.2) is 35.7 Å². The monoisotopic (exact) mass is 320 g/mol. The summed E-state index contributed by atoms with van der Waals surface area (Å²) < 4.78 is 0.717. The molecule has 1 unspecified atom stereocenters. The smallest absolute Gasteiger partial charge is 0.321 e. The molecule has 6 heteroatoms. The van der Waals surface area contributed by atoms with Gasteiger partial charge in [-0.2, -0.15) is 0 Å². The molecule has 0 saturated carbocycles. The maximum Gasteiger partial charge on any atom is 0.321 e. The van der Waals surface area contributed by atoms with Gasteiger partial charge in [-0.15, -0.1) is 0 Å². The van der Waals surface area contributed by atoms with Crippen molar-refractivity contribution in [1.82, 2.24) is 4.90 Å². The summed E-state index contributed by atoms with van der Waals surface area (Å²) in [6.45, 7) is 1.69. The quantitative estimate of drug-likeness (QED) is 0.899. The van der Waals surface area contributed by atoms with Gasteiger partial charge in [-0.1, -0.05) is 11.6 Å². The van der Waals surface area contributed by atoms with Crippen LogP contribution in [0.5, 0.6) is 0 Å². The Morgan fingerprint density at radius 2 is 2.29 bits per heavy atom. The van der Waals surface area contributed by atoms with Crippen LogP contribution < -0.4 is 5.32 Å². The number of amides is 2. The number of aliphatic hydroxyl groups excluding tert-OH is 1. The Labute approximate surface area is 114 Å². The lowest BCUT2D eigenvalue weighted by atomic mass is 10.3. The van der Waals surface area contributed by atoms with Crippen LogP contribution in [0.15, 0.2) is 22.7 Å². The molecule has 17 heavy (non-hydrogen) atoms. The Morgan fingerprint density at radius 3 is 2.82 bits per heavy atom. The molecule has 94 valence electrons. The minimum absolute atomic E-state index is 0.0752. The predicted molar refractivity (Wildman–Crippen MR) is 72.5 cm³/mol. The van der Waals surface area contributed by atoms with Gasteiger partial charge in [-0.25, -0.2) is 4.79 Å². The fourth-order valence-electron chi connectivity index (χ4n) is 1.11. The van der Waals surface area contributed by atoms with Crippen molar-refractivity contribution >= 4 is 39.2 Å². The van der Waals surface area contributed by atoms with Crippen molar-refractivity contribution in [1.29, 1.82) is 0 Å². The van der Waals surface area contributed by atoms with E-state index in [0.29, 0.717) is 10.7 Å². The third kappa shape index (κ3) is 3.87. The van der Waals surface area contributed by atoms with E-state index in [-0.39, 0.29) is 18.7 Å². The molecule has 1 aromatic rings. The first-order chi connectivity index (χ1) is 7.95. The van der Waals surface area contributed by atoms with Crippen LogP contribution in [0.4, 0.5) is 10.5 Å². The van der Waals surface area contributed by atoms with Gasteiger partial charge in [-0.3, -0.25) is 0 Å². The van der Waals surface area contributed by atoms with Crippen LogP contribution in [-0.2, 0) is 0 Å². The highest BCUT2D eigenvalue weighted by Crippen LogP contribution is 2.25. The lowest BCUT2D eigenvalue weighted by Crippen LogP contribution is -2.40. The summed E-state index contributed by atoms with van der Waals surface area (Å²) in [5.74, 6) is 0. The largest absolute Gasteiger partial charge is 0.394 e. The summed E-state index contributed by atoms with van der Waals surface area (Å²) in [4.78, 5) is 13.2. The average Bonchev–Trinajstić information content (AvgIpc) is 2.31. The first-order valence-corrected chi connectivity index (χ1v) is 6.22. The number of benzene rings is 1. The second-order valence-electron chi connectivity index (χ2n) is 3.70. The van der Waals surface area contributed by atoms with E-state index in [1.54, 1.807) is 32.2 Å². The fourth-order valence-corrected chi connectivity index (χ4v) is 1.60. The van der Waals surface area contributed by atoms with Crippen molar-refractivity contribution in [2.24, 2.45) is 0 Å². The molecule has 0 aliphatic carbocycles. The number of nitrogens with zero attached hydrogens (tertiary/aromatic N) is 1. The molecule has 0 aliphatic heterocycles. The van der Waals surface area contributed by atoms with Gasteiger partial charge in [0.1, 0.15) is 0 Å². The number of carbonyl (C=O) groups is 1. The van der Waals surface area contributed by atoms with E-state index < -0.39 is 0 Å². The molecular weight excluding hydrogens is 307 g/mol. The molecule has 4 nitrogen and oxygen atoms in total. The number of likely N-dealkylation sites (N-methyl/N-ethyl adjacent to an activating group) is 1. The van der Waals surface area contributed by atoms with Crippen molar-refractivity contribution in [3.8, 4) is 0 Å². The Hall–Kier alpha value is -0.780. The highest BCUT2D eigenvalue weighted by molar-refractivity contribution is 9.10. The van der Waals surface area contributed by atoms with E-state index >= 15 is 0 Å². The Balaban J connectivity index is 2.71. The van der Waals surface area contributed by atoms with Crippen molar-refractivity contribution in [3.63, 3.8) is 0 Å². The van der Waals surface area contributed by atoms with Crippen LogP contribution in [0, 0.1) is 0 Å². The first kappa shape index (κ1) is 14.3. The molecule has 0 aromatic heterocycles. The Kier molecular flexibility index (Phi) is 5.24. The third-order valence-electron chi connectivity index (χ3n) is 2.42. The minimum atomic E-state index is -0.277. The summed E-state index contributed by atoms with van der Waals surface area (Å²) >= 11 is 9.13. The summed E-state index contributed by atoms with van der Waals surface area (Å²) in [7, 11) is 1.63. The number of carbonyl (C=O) groups excluding carboxylic acids is 1. The maximum absolute atomic E-state index is 11.8. The number of rotatable bonds is 3. The van der Waals surface area contributed by atoms with Gasteiger partial charge in [0.25, 0.3) is 0 Å². The topological polar surface area (TPSA) is 52.6 Å². The summed E-state index contributed by atoms with van der Waals surface area (Å²) in [6.07, 6.45) is 0. The molecule has 0 radical (unpaired) electrons. The van der Waals surface area contributed by atoms with Gasteiger partial charge in [0, 0.05) is 17.2 Å². The molecule has 1 aromatic carbocycles. The zero-order chi connectivity index (χ0) is 13.0. The maximum atomic E-state index is 11.8. The molecule has 1 rings (SSSR count). The van der Waals surface area contributed by atoms with Crippen LogP contribution in [0.1, 0.15) is 6.92 Å². The minimum Gasteiger partial charge on any atom is -0.394 e. The molecule has 1 atom stereocenters. The van der Waals surface area contributed by atoms with Crippen LogP contribution in [0.25, 0.3) is 0 Å². The normalized spacial score (nSPS) is 12.1. The number of hydrogen-bond donors (Lipinski definition) is 2. The number of nitrogens with one attached hydrogen (secondary N) is 1. The van der Waals surface area contributed by atoms with Crippen molar-refractivity contribution in [3.05, 3.63) is 27.7 Å². The van der Waals surface area contributed by atoms with Gasteiger partial charge >= 0.3 is 6.03 Å². The molecule has 2 N–H and O–H groups in total. The molecule has 0 fully saturated rings. The lowest BCUT2D eigenvalue weighted by Gasteiger charge is -2.23. The van der Waals surface area contributed by atoms with Gasteiger partial charge in [-0.05, 0) is 41.1 Å². The summed E-state index contributed by atoms with van der Waals surface area (Å²) in [5.41, 5.74) is 0.642. The number of aliphatic hydroxyl groups is 1. The van der Waals surface area contributed by atoms with Crippen LogP contribution in [0.2, 0.25) is 5.02 Å². The molecule has 0 heterocycles. The van der Waals surface area contributed by atoms with E-state index in [9.17, 15) is 4.79 Å². The predicted octanol–water partition coefficient (Wildman–Crippen LogP) is 2.95. The van der Waals surface area contributed by atoms with Crippen molar-refractivity contribution in [2.75, 3.05) is 19.0 Å². The molecule has 0 aliphatic rings. The third-order valence-corrected chi connectivity index (χ3v) is 3.63. The van der Waals surface area contributed by atoms with E-state index in [0.717, 1.165) is 4.47 Å². The molecule has 2 amide bonds. The molecule has 0 saturated heterocycles. The number of hydrogen-bond acceptors (Lipinski definition) is 2. The van der Waals surface area contributed by atoms with Crippen LogP contribution >= 0.6 is 27.5 Å². The Bertz CT molecular complexity index is 414. The van der Waals surface area contributed by atoms with Crippen LogP contribution in [0.3, 0.4) is 0 Å². The van der Waals surface area contributed by atoms with Gasteiger partial charge in [0.15, 0.2) is 0 Å². The standard InChI is InChI=1S/C11H14BrClN2O2/c1-7(6-16)15(2)11(17)14-8-3-4-10(13)9(12)5-8/h3-5,7,16H,6H2,1-2H3,(H,14,17). The second kappa shape index (κ2) is 6.23. The summed E-state index contributed by atoms with van der Waals surface area (Å²) in [5, 5.41) is 12.2. The van der Waals surface area contributed by atoms with Crippen molar-refractivity contribution < 1.29 is 9.90 Å². The lowest BCUT2D eigenvalue weighted by molar-refractivity contribution is 0.166. The first-order valence-electron chi connectivity index (χ1n) is 5.05. The van der Waals surface area contributed by atoms with Gasteiger partial charge in [0.2, 0.25) is 0 Å². The van der Waals surface area contributed by atoms with E-state index in [4.69, 9.17) is 16.7 Å². The number of halogens is 2. The Morgan fingerprint density at radius 1 is 1.65 bits per heavy atom. The number of urea groups is 1. The van der Waals surface area contributed by atoms with E-state index in [2.05, 4.69) is 21.2 Å². The van der Waals surface area contributed by atoms with Gasteiger partial charge < -0.3 is 15.3 Å². The van der Waals surface area contributed by atoms with E-state index in [1.165, 1.54) is 4.90 Å². The fraction of sp³-hybridized carbons (Fsp3) is 0.364. The second-order valence-corrected chi connectivity index (χ2v) is 4.96. The molecular formula is C11H14BrClN2O2. The van der Waals surface area contributed by atoms with E-state index in [1.807, 2.05) is 0 Å².